The lowest BCUT2D eigenvalue weighted by Gasteiger charge is -2.15. The van der Waals surface area contributed by atoms with E-state index in [1.54, 1.807) is 22.8 Å². The number of rotatable bonds is 7. The Hall–Kier alpha value is -3.34. The van der Waals surface area contributed by atoms with Crippen LogP contribution in [0, 0.1) is 6.57 Å². The average molecular weight is 396 g/mol. The third kappa shape index (κ3) is 4.40. The summed E-state index contributed by atoms with van der Waals surface area (Å²) >= 11 is 0. The Morgan fingerprint density at radius 3 is 2.76 bits per heavy atom. The number of fused-ring (bicyclic) bond motifs is 1. The molecule has 1 aliphatic heterocycles. The zero-order valence-corrected chi connectivity index (χ0v) is 17.3. The number of ether oxygens (including phenoxy) is 1. The number of amides is 1. The minimum absolute atomic E-state index is 0.00438. The van der Waals surface area contributed by atoms with Gasteiger partial charge in [0.1, 0.15) is 18.5 Å². The molecule has 0 saturated carbocycles. The molecule has 3 rings (SSSR count). The maximum Gasteiger partial charge on any atom is 0.414 e. The van der Waals surface area contributed by atoms with Crippen molar-refractivity contribution in [3.8, 4) is 6.57 Å². The standard InChI is InChI=1S/C21H26N5O3/c1-6-7-16(25-8-9-29-21(25)28)10-14(2)11-18-20(27)17-12-19(17)26(23-18)15(3)13-24(5)22-4/h4,7,10,13H,6,8-9,11-12H2,1-3,5H3/q+1. The van der Waals surface area contributed by atoms with Gasteiger partial charge in [-0.05, 0) is 31.4 Å². The van der Waals surface area contributed by atoms with Crippen LogP contribution in [-0.4, -0.2) is 46.0 Å². The first-order valence-corrected chi connectivity index (χ1v) is 9.63. The first-order chi connectivity index (χ1) is 13.8. The molecule has 1 aromatic rings. The number of carbonyl (C=O) groups is 1. The highest BCUT2D eigenvalue weighted by Crippen LogP contribution is 2.26. The monoisotopic (exact) mass is 396 g/mol. The third-order valence-corrected chi connectivity index (χ3v) is 4.80. The molecule has 152 valence electrons. The second-order valence-electron chi connectivity index (χ2n) is 7.22. The van der Waals surface area contributed by atoms with Crippen LogP contribution in [0.2, 0.25) is 0 Å². The van der Waals surface area contributed by atoms with Gasteiger partial charge in [0.25, 0.3) is 0 Å². The molecule has 0 unspecified atom stereocenters. The Labute approximate surface area is 170 Å². The van der Waals surface area contributed by atoms with Crippen molar-refractivity contribution in [2.45, 2.75) is 40.0 Å². The van der Waals surface area contributed by atoms with Crippen molar-refractivity contribution >= 4 is 11.8 Å². The first kappa shape index (κ1) is 20.4. The van der Waals surface area contributed by atoms with Crippen LogP contribution < -0.4 is 5.43 Å². The number of hydrogen-bond donors (Lipinski definition) is 0. The summed E-state index contributed by atoms with van der Waals surface area (Å²) in [5.74, 6) is 0. The van der Waals surface area contributed by atoms with Crippen molar-refractivity contribution in [3.05, 3.63) is 61.8 Å². The van der Waals surface area contributed by atoms with Crippen molar-refractivity contribution < 1.29 is 9.53 Å². The molecule has 1 aromatic heterocycles. The van der Waals surface area contributed by atoms with Crippen LogP contribution in [0.15, 0.2) is 34.4 Å². The number of cyclic esters (lactones) is 1. The molecule has 8 nitrogen and oxygen atoms in total. The van der Waals surface area contributed by atoms with Gasteiger partial charge in [-0.3, -0.25) is 9.69 Å². The Kier molecular flexibility index (Phi) is 5.87. The van der Waals surface area contributed by atoms with Gasteiger partial charge in [-0.2, -0.15) is 5.10 Å². The minimum Gasteiger partial charge on any atom is -0.447 e. The lowest BCUT2D eigenvalue weighted by Crippen LogP contribution is -2.23. The Bertz CT molecular complexity index is 1030. The summed E-state index contributed by atoms with van der Waals surface area (Å²) in [5, 5.41) is 6.07. The average Bonchev–Trinajstić information content (AvgIpc) is 3.37. The van der Waals surface area contributed by atoms with Crippen LogP contribution in [0.25, 0.3) is 10.7 Å². The molecule has 2 heterocycles. The predicted octanol–water partition coefficient (Wildman–Crippen LogP) is 3.01. The van der Waals surface area contributed by atoms with Crippen LogP contribution in [0.1, 0.15) is 44.1 Å². The number of nitrogens with zero attached hydrogens (tertiary/aromatic N) is 5. The van der Waals surface area contributed by atoms with E-state index in [4.69, 9.17) is 11.3 Å². The van der Waals surface area contributed by atoms with Gasteiger partial charge >= 0.3 is 12.7 Å². The van der Waals surface area contributed by atoms with E-state index in [0.717, 1.165) is 34.6 Å². The van der Waals surface area contributed by atoms with Gasteiger partial charge in [-0.1, -0.05) is 18.6 Å². The van der Waals surface area contributed by atoms with Gasteiger partial charge in [0.15, 0.2) is 0 Å². The fraction of sp³-hybridized carbons (Fsp3) is 0.429. The van der Waals surface area contributed by atoms with Crippen LogP contribution in [0.4, 0.5) is 4.79 Å². The number of aromatic nitrogens is 2. The van der Waals surface area contributed by atoms with Gasteiger partial charge in [0.2, 0.25) is 5.43 Å². The summed E-state index contributed by atoms with van der Waals surface area (Å²) < 4.78 is 6.82. The second kappa shape index (κ2) is 8.35. The molecule has 0 bridgehead atoms. The smallest absolute Gasteiger partial charge is 0.414 e. The van der Waals surface area contributed by atoms with E-state index < -0.39 is 0 Å². The van der Waals surface area contributed by atoms with Crippen LogP contribution in [0.5, 0.6) is 0 Å². The van der Waals surface area contributed by atoms with Crippen molar-refractivity contribution in [1.29, 1.82) is 0 Å². The van der Waals surface area contributed by atoms with Gasteiger partial charge < -0.3 is 4.74 Å². The molecule has 2 aliphatic rings. The largest absolute Gasteiger partial charge is 0.447 e. The van der Waals surface area contributed by atoms with E-state index in [-0.39, 0.29) is 11.5 Å². The lowest BCUT2D eigenvalue weighted by atomic mass is 10.1. The molecule has 29 heavy (non-hydrogen) atoms. The molecule has 8 heteroatoms. The molecule has 1 aliphatic carbocycles. The van der Waals surface area contributed by atoms with E-state index in [1.165, 1.54) is 5.01 Å². The molecule has 1 fully saturated rings. The Morgan fingerprint density at radius 1 is 1.38 bits per heavy atom. The molecular formula is C21H26N5O3+. The van der Waals surface area contributed by atoms with Crippen LogP contribution in [0.3, 0.4) is 0 Å². The van der Waals surface area contributed by atoms with E-state index in [1.807, 2.05) is 32.9 Å². The summed E-state index contributed by atoms with van der Waals surface area (Å²) in [6, 6.07) is 0. The Morgan fingerprint density at radius 2 is 2.14 bits per heavy atom. The van der Waals surface area contributed by atoms with Gasteiger partial charge in [0.05, 0.1) is 29.9 Å². The highest BCUT2D eigenvalue weighted by atomic mass is 16.6. The predicted molar refractivity (Wildman–Crippen MR) is 111 cm³/mol. The zero-order chi connectivity index (χ0) is 21.1. The lowest BCUT2D eigenvalue weighted by molar-refractivity contribution is 0.165. The summed E-state index contributed by atoms with van der Waals surface area (Å²) in [4.78, 5) is 29.8. The number of allylic oxidation sites excluding steroid dienone is 4. The van der Waals surface area contributed by atoms with E-state index in [0.29, 0.717) is 31.7 Å². The maximum absolute atomic E-state index is 12.7. The van der Waals surface area contributed by atoms with Crippen molar-refractivity contribution in [3.63, 3.8) is 0 Å². The summed E-state index contributed by atoms with van der Waals surface area (Å²) in [6.07, 6.45) is 7.16. The van der Waals surface area contributed by atoms with Crippen molar-refractivity contribution in [1.82, 2.24) is 19.7 Å². The normalized spacial score (nSPS) is 16.4. The molecule has 0 N–H and O–H groups in total. The van der Waals surface area contributed by atoms with E-state index in [9.17, 15) is 9.59 Å². The molecule has 1 saturated heterocycles. The van der Waals surface area contributed by atoms with Crippen LogP contribution >= 0.6 is 0 Å². The fourth-order valence-corrected chi connectivity index (χ4v) is 3.36. The number of carbonyl (C=O) groups excluding carboxylic acids is 1. The fourth-order valence-electron chi connectivity index (χ4n) is 3.36. The molecule has 0 aromatic carbocycles. The summed E-state index contributed by atoms with van der Waals surface area (Å²) in [6.45, 7) is 12.0. The van der Waals surface area contributed by atoms with Crippen LogP contribution in [-0.2, 0) is 17.6 Å². The molecule has 0 radical (unpaired) electrons. The van der Waals surface area contributed by atoms with Crippen molar-refractivity contribution in [2.24, 2.45) is 0 Å². The summed E-state index contributed by atoms with van der Waals surface area (Å²) in [5.41, 5.74) is 4.76. The van der Waals surface area contributed by atoms with Gasteiger partial charge in [0, 0.05) is 24.1 Å². The quantitative estimate of drug-likeness (QED) is 0.531. The highest BCUT2D eigenvalue weighted by Gasteiger charge is 2.29. The first-order valence-electron chi connectivity index (χ1n) is 9.63. The molecule has 0 atom stereocenters. The minimum atomic E-state index is -0.339. The van der Waals surface area contributed by atoms with Gasteiger partial charge in [-0.15, -0.1) is 0 Å². The van der Waals surface area contributed by atoms with E-state index in [2.05, 4.69) is 10.1 Å². The SMILES string of the molecule is C#[N+]N(C)C=C(C)n1nc(CC(C)=CC(=CCC)N2CCOC2=O)c(=O)c2c1C2. The van der Waals surface area contributed by atoms with Crippen molar-refractivity contribution in [2.75, 3.05) is 20.2 Å². The summed E-state index contributed by atoms with van der Waals surface area (Å²) in [7, 11) is 1.73. The number of hydrogen-bond acceptors (Lipinski definition) is 5. The molecular weight excluding hydrogens is 370 g/mol. The molecule has 0 spiro atoms. The topological polar surface area (TPSA) is 72.0 Å². The van der Waals surface area contributed by atoms with Gasteiger partial charge in [-0.25, -0.2) is 9.48 Å². The maximum atomic E-state index is 12.7. The second-order valence-corrected chi connectivity index (χ2v) is 7.22. The highest BCUT2D eigenvalue weighted by molar-refractivity contribution is 5.72. The zero-order valence-electron chi connectivity index (χ0n) is 17.3. The molecule has 1 amide bonds. The Balaban J connectivity index is 1.88. The third-order valence-electron chi connectivity index (χ3n) is 4.80. The van der Waals surface area contributed by atoms with E-state index >= 15 is 0 Å².